The van der Waals surface area contributed by atoms with Crippen molar-refractivity contribution in [1.82, 2.24) is 19.7 Å². The summed E-state index contributed by atoms with van der Waals surface area (Å²) < 4.78 is 1.47. The molecule has 2 heterocycles. The van der Waals surface area contributed by atoms with Crippen molar-refractivity contribution in [2.45, 2.75) is 23.7 Å². The number of pyridine rings is 1. The van der Waals surface area contributed by atoms with Gasteiger partial charge in [-0.15, -0.1) is 5.10 Å². The van der Waals surface area contributed by atoms with E-state index >= 15 is 0 Å². The number of hydrogen-bond donors (Lipinski definition) is 2. The molecule has 2 aromatic rings. The number of aromatic nitrogens is 4. The lowest BCUT2D eigenvalue weighted by Crippen LogP contribution is -2.16. The van der Waals surface area contributed by atoms with E-state index < -0.39 is 0 Å². The van der Waals surface area contributed by atoms with Gasteiger partial charge < -0.3 is 5.73 Å². The van der Waals surface area contributed by atoms with Crippen molar-refractivity contribution in [1.29, 1.82) is 0 Å². The van der Waals surface area contributed by atoms with Gasteiger partial charge in [0.2, 0.25) is 0 Å². The molecule has 2 aromatic heterocycles. The summed E-state index contributed by atoms with van der Waals surface area (Å²) in [6.07, 6.45) is 0. The smallest absolute Gasteiger partial charge is 0.343 e. The Balaban J connectivity index is 2.40. The maximum Gasteiger partial charge on any atom is 0.343 e. The van der Waals surface area contributed by atoms with Gasteiger partial charge in [0.15, 0.2) is 5.16 Å². The van der Waals surface area contributed by atoms with Crippen LogP contribution < -0.4 is 11.4 Å². The molecular weight excluding hydrogens is 297 g/mol. The summed E-state index contributed by atoms with van der Waals surface area (Å²) in [5, 5.41) is 7.83. The zero-order valence-electron chi connectivity index (χ0n) is 9.28. The van der Waals surface area contributed by atoms with E-state index in [0.717, 1.165) is 11.8 Å². The average molecular weight is 306 g/mol. The molecule has 6 nitrogen and oxygen atoms in total. The molecule has 0 aromatic carbocycles. The van der Waals surface area contributed by atoms with Crippen LogP contribution in [-0.4, -0.2) is 19.7 Å². The Morgan fingerprint density at radius 2 is 2.22 bits per heavy atom. The molecule has 0 atom stereocenters. The molecule has 0 unspecified atom stereocenters. The van der Waals surface area contributed by atoms with Crippen LogP contribution in [0.5, 0.6) is 0 Å². The second-order valence-corrected chi connectivity index (χ2v) is 5.07. The van der Waals surface area contributed by atoms with E-state index in [4.69, 9.17) is 28.9 Å². The van der Waals surface area contributed by atoms with Crippen molar-refractivity contribution in [3.8, 4) is 0 Å². The van der Waals surface area contributed by atoms with Crippen LogP contribution in [0.15, 0.2) is 21.0 Å². The summed E-state index contributed by atoms with van der Waals surface area (Å²) in [5.74, 6) is 0.185. The van der Waals surface area contributed by atoms with Gasteiger partial charge in [-0.1, -0.05) is 23.2 Å². The van der Waals surface area contributed by atoms with E-state index in [1.54, 1.807) is 0 Å². The standard InChI is InChI=1S/C9H9Cl2N5OS/c1-2-16-8(17)14-15-9(16)18-7-5(11)3-4(10)6(12)13-7/h3H,2H2,1H3,(H2,12,13)(H,14,17). The van der Waals surface area contributed by atoms with E-state index in [0.29, 0.717) is 26.8 Å². The molecule has 3 N–H and O–H groups in total. The summed E-state index contributed by atoms with van der Waals surface area (Å²) in [4.78, 5) is 15.5. The number of nitrogens with zero attached hydrogens (tertiary/aromatic N) is 3. The SMILES string of the molecule is CCn1c(Sc2nc(N)c(Cl)cc2Cl)n[nH]c1=O. The van der Waals surface area contributed by atoms with Gasteiger partial charge in [-0.05, 0) is 24.8 Å². The third-order valence-corrected chi connectivity index (χ3v) is 3.85. The molecule has 0 bridgehead atoms. The Morgan fingerprint density at radius 1 is 1.50 bits per heavy atom. The Kier molecular flexibility index (Phi) is 3.84. The third-order valence-electron chi connectivity index (χ3n) is 2.15. The summed E-state index contributed by atoms with van der Waals surface area (Å²) in [5.41, 5.74) is 5.33. The Hall–Kier alpha value is -1.18. The fourth-order valence-electron chi connectivity index (χ4n) is 1.28. The summed E-state index contributed by atoms with van der Waals surface area (Å²) in [6.45, 7) is 2.34. The minimum Gasteiger partial charge on any atom is -0.382 e. The molecule has 0 aliphatic heterocycles. The normalized spacial score (nSPS) is 10.8. The molecule has 0 fully saturated rings. The van der Waals surface area contributed by atoms with Crippen molar-refractivity contribution < 1.29 is 0 Å². The number of nitrogens with one attached hydrogen (secondary N) is 1. The number of anilines is 1. The van der Waals surface area contributed by atoms with E-state index in [1.807, 2.05) is 6.92 Å². The number of halogens is 2. The van der Waals surface area contributed by atoms with E-state index in [9.17, 15) is 4.79 Å². The molecule has 96 valence electrons. The topological polar surface area (TPSA) is 89.6 Å². The highest BCUT2D eigenvalue weighted by molar-refractivity contribution is 7.99. The minimum absolute atomic E-state index is 0.185. The van der Waals surface area contributed by atoms with Crippen LogP contribution >= 0.6 is 35.0 Å². The van der Waals surface area contributed by atoms with Gasteiger partial charge in [0.05, 0.1) is 10.0 Å². The molecular formula is C9H9Cl2N5OS. The van der Waals surface area contributed by atoms with Crippen LogP contribution in [0.2, 0.25) is 10.0 Å². The molecule has 0 spiro atoms. The second-order valence-electron chi connectivity index (χ2n) is 3.30. The summed E-state index contributed by atoms with van der Waals surface area (Å²) >= 11 is 12.9. The lowest BCUT2D eigenvalue weighted by molar-refractivity contribution is 0.660. The zero-order valence-corrected chi connectivity index (χ0v) is 11.6. The molecule has 0 radical (unpaired) electrons. The highest BCUT2D eigenvalue weighted by Crippen LogP contribution is 2.33. The van der Waals surface area contributed by atoms with Gasteiger partial charge in [0.1, 0.15) is 10.8 Å². The van der Waals surface area contributed by atoms with Crippen LogP contribution in [0, 0.1) is 0 Å². The number of rotatable bonds is 3. The first-order valence-corrected chi connectivity index (χ1v) is 6.54. The number of aromatic amines is 1. The lowest BCUT2D eigenvalue weighted by Gasteiger charge is -2.05. The van der Waals surface area contributed by atoms with Gasteiger partial charge in [-0.3, -0.25) is 4.57 Å². The number of H-pyrrole nitrogens is 1. The highest BCUT2D eigenvalue weighted by Gasteiger charge is 2.13. The first-order chi connectivity index (χ1) is 8.52. The second kappa shape index (κ2) is 5.21. The Bertz CT molecular complexity index is 638. The molecule has 0 aliphatic rings. The van der Waals surface area contributed by atoms with Crippen molar-refractivity contribution in [2.75, 3.05) is 5.73 Å². The molecule has 18 heavy (non-hydrogen) atoms. The fraction of sp³-hybridized carbons (Fsp3) is 0.222. The molecule has 2 rings (SSSR count). The molecule has 0 saturated carbocycles. The van der Waals surface area contributed by atoms with Gasteiger partial charge in [0, 0.05) is 6.54 Å². The molecule has 0 saturated heterocycles. The zero-order chi connectivity index (χ0) is 13.3. The maximum atomic E-state index is 11.4. The summed E-state index contributed by atoms with van der Waals surface area (Å²) in [6, 6.07) is 1.51. The van der Waals surface area contributed by atoms with Crippen molar-refractivity contribution in [3.63, 3.8) is 0 Å². The van der Waals surface area contributed by atoms with Crippen molar-refractivity contribution in [2.24, 2.45) is 0 Å². The number of nitrogen functional groups attached to an aromatic ring is 1. The quantitative estimate of drug-likeness (QED) is 0.905. The van der Waals surface area contributed by atoms with Gasteiger partial charge in [-0.2, -0.15) is 0 Å². The average Bonchev–Trinajstić information content (AvgIpc) is 2.67. The van der Waals surface area contributed by atoms with Crippen molar-refractivity contribution >= 4 is 40.8 Å². The van der Waals surface area contributed by atoms with E-state index in [2.05, 4.69) is 15.2 Å². The predicted molar refractivity (Wildman–Crippen MR) is 71.3 cm³/mol. The van der Waals surface area contributed by atoms with Crippen LogP contribution in [-0.2, 0) is 6.54 Å². The Labute approximate surface area is 116 Å². The van der Waals surface area contributed by atoms with Crippen LogP contribution in [0.4, 0.5) is 5.82 Å². The minimum atomic E-state index is -0.280. The van der Waals surface area contributed by atoms with Gasteiger partial charge in [0.25, 0.3) is 0 Å². The number of hydrogen-bond acceptors (Lipinski definition) is 5. The fourth-order valence-corrected chi connectivity index (χ4v) is 2.64. The van der Waals surface area contributed by atoms with Crippen LogP contribution in [0.1, 0.15) is 6.92 Å². The molecule has 0 aliphatic carbocycles. The maximum absolute atomic E-state index is 11.4. The van der Waals surface area contributed by atoms with Gasteiger partial charge in [-0.25, -0.2) is 14.9 Å². The largest absolute Gasteiger partial charge is 0.382 e. The van der Waals surface area contributed by atoms with Crippen molar-refractivity contribution in [3.05, 3.63) is 26.6 Å². The van der Waals surface area contributed by atoms with E-state index in [1.165, 1.54) is 10.6 Å². The number of nitrogens with two attached hydrogens (primary N) is 1. The van der Waals surface area contributed by atoms with Crippen LogP contribution in [0.3, 0.4) is 0 Å². The third kappa shape index (κ3) is 2.47. The predicted octanol–water partition coefficient (Wildman–Crippen LogP) is 2.03. The first kappa shape index (κ1) is 13.3. The first-order valence-electron chi connectivity index (χ1n) is 4.97. The molecule has 0 amide bonds. The van der Waals surface area contributed by atoms with E-state index in [-0.39, 0.29) is 11.5 Å². The highest BCUT2D eigenvalue weighted by atomic mass is 35.5. The van der Waals surface area contributed by atoms with Gasteiger partial charge >= 0.3 is 5.69 Å². The molecule has 9 heteroatoms. The monoisotopic (exact) mass is 305 g/mol. The van der Waals surface area contributed by atoms with Crippen LogP contribution in [0.25, 0.3) is 0 Å². The summed E-state index contributed by atoms with van der Waals surface area (Å²) in [7, 11) is 0. The Morgan fingerprint density at radius 3 is 2.89 bits per heavy atom. The lowest BCUT2D eigenvalue weighted by atomic mass is 10.5.